The Kier molecular flexibility index (Phi) is 6.87. The second-order valence-electron chi connectivity index (χ2n) is 7.31. The molecule has 4 aromatic rings. The number of para-hydroxylation sites is 2. The van der Waals surface area contributed by atoms with Crippen LogP contribution in [0.1, 0.15) is 16.7 Å². The van der Waals surface area contributed by atoms with Gasteiger partial charge in [-0.3, -0.25) is 4.79 Å². The lowest BCUT2D eigenvalue weighted by molar-refractivity contribution is -0.118. The van der Waals surface area contributed by atoms with Gasteiger partial charge in [-0.2, -0.15) is 5.10 Å². The molecular formula is C25H24N4O2S. The third-order valence-electron chi connectivity index (χ3n) is 4.91. The largest absolute Gasteiger partial charge is 0.497 e. The maximum atomic E-state index is 12.3. The fourth-order valence-corrected chi connectivity index (χ4v) is 4.06. The highest BCUT2D eigenvalue weighted by molar-refractivity contribution is 7.99. The molecule has 1 heterocycles. The number of benzene rings is 3. The summed E-state index contributed by atoms with van der Waals surface area (Å²) in [5.41, 5.74) is 7.80. The number of methoxy groups -OCH3 is 1. The Bertz CT molecular complexity index is 1250. The number of aryl methyl sites for hydroxylation is 1. The molecule has 0 atom stereocenters. The van der Waals surface area contributed by atoms with Crippen molar-refractivity contribution in [2.75, 3.05) is 12.9 Å². The van der Waals surface area contributed by atoms with Crippen LogP contribution in [0.25, 0.3) is 11.0 Å². The average Bonchev–Trinajstić information content (AvgIpc) is 3.16. The van der Waals surface area contributed by atoms with Crippen LogP contribution in [0.15, 0.2) is 83.1 Å². The van der Waals surface area contributed by atoms with Crippen molar-refractivity contribution in [2.45, 2.75) is 18.6 Å². The van der Waals surface area contributed by atoms with E-state index in [1.807, 2.05) is 42.5 Å². The van der Waals surface area contributed by atoms with Gasteiger partial charge in [0.1, 0.15) is 5.75 Å². The fraction of sp³-hybridized carbons (Fsp3) is 0.160. The highest BCUT2D eigenvalue weighted by Crippen LogP contribution is 2.25. The van der Waals surface area contributed by atoms with Gasteiger partial charge in [-0.05, 0) is 42.3 Å². The SMILES string of the molecule is COc1cccc(C=NNC(=O)CSc2nc3ccccc3n2Cc2ccc(C)cc2)c1. The lowest BCUT2D eigenvalue weighted by Crippen LogP contribution is -2.20. The zero-order chi connectivity index (χ0) is 22.3. The highest BCUT2D eigenvalue weighted by Gasteiger charge is 2.13. The molecule has 32 heavy (non-hydrogen) atoms. The summed E-state index contributed by atoms with van der Waals surface area (Å²) in [5, 5.41) is 4.85. The van der Waals surface area contributed by atoms with Crippen LogP contribution in [-0.2, 0) is 11.3 Å². The number of aromatic nitrogens is 2. The normalized spacial score (nSPS) is 11.2. The van der Waals surface area contributed by atoms with Gasteiger partial charge in [0, 0.05) is 0 Å². The summed E-state index contributed by atoms with van der Waals surface area (Å²) in [6, 6.07) is 23.9. The minimum absolute atomic E-state index is 0.192. The molecule has 4 rings (SSSR count). The molecule has 0 radical (unpaired) electrons. The number of amides is 1. The van der Waals surface area contributed by atoms with Crippen molar-refractivity contribution in [3.63, 3.8) is 0 Å². The van der Waals surface area contributed by atoms with Crippen molar-refractivity contribution in [3.8, 4) is 5.75 Å². The lowest BCUT2D eigenvalue weighted by Gasteiger charge is -2.09. The summed E-state index contributed by atoms with van der Waals surface area (Å²) in [6.07, 6.45) is 1.59. The molecule has 0 saturated heterocycles. The van der Waals surface area contributed by atoms with Crippen LogP contribution < -0.4 is 10.2 Å². The van der Waals surface area contributed by atoms with Crippen molar-refractivity contribution in [2.24, 2.45) is 5.10 Å². The predicted octanol–water partition coefficient (Wildman–Crippen LogP) is 4.64. The number of hydrazone groups is 1. The lowest BCUT2D eigenvalue weighted by atomic mass is 10.1. The molecule has 0 aliphatic heterocycles. The van der Waals surface area contributed by atoms with E-state index in [2.05, 4.69) is 52.3 Å². The molecule has 0 unspecified atom stereocenters. The number of nitrogens with zero attached hydrogens (tertiary/aromatic N) is 3. The highest BCUT2D eigenvalue weighted by atomic mass is 32.2. The maximum absolute atomic E-state index is 12.3. The Morgan fingerprint density at radius 2 is 1.94 bits per heavy atom. The Labute approximate surface area is 191 Å². The van der Waals surface area contributed by atoms with E-state index < -0.39 is 0 Å². The van der Waals surface area contributed by atoms with E-state index in [0.29, 0.717) is 6.54 Å². The van der Waals surface area contributed by atoms with Gasteiger partial charge in [-0.15, -0.1) is 0 Å². The average molecular weight is 445 g/mol. The topological polar surface area (TPSA) is 68.5 Å². The first-order chi connectivity index (χ1) is 15.6. The molecule has 7 heteroatoms. The number of ether oxygens (including phenoxy) is 1. The number of hydrogen-bond acceptors (Lipinski definition) is 5. The number of fused-ring (bicyclic) bond motifs is 1. The second kappa shape index (κ2) is 10.2. The number of rotatable bonds is 8. The Hall–Kier alpha value is -3.58. The molecule has 1 amide bonds. The van der Waals surface area contributed by atoms with Crippen molar-refractivity contribution >= 4 is 34.9 Å². The van der Waals surface area contributed by atoms with Gasteiger partial charge in [0.15, 0.2) is 5.16 Å². The number of hydrogen-bond donors (Lipinski definition) is 1. The second-order valence-corrected chi connectivity index (χ2v) is 8.26. The summed E-state index contributed by atoms with van der Waals surface area (Å²) in [5.74, 6) is 0.763. The van der Waals surface area contributed by atoms with E-state index in [0.717, 1.165) is 27.5 Å². The number of carbonyl (C=O) groups is 1. The summed E-state index contributed by atoms with van der Waals surface area (Å²) >= 11 is 1.40. The van der Waals surface area contributed by atoms with Crippen LogP contribution in [0.3, 0.4) is 0 Å². The Balaban J connectivity index is 1.43. The van der Waals surface area contributed by atoms with Gasteiger partial charge in [0.25, 0.3) is 5.91 Å². The Morgan fingerprint density at radius 1 is 1.12 bits per heavy atom. The van der Waals surface area contributed by atoms with Crippen LogP contribution in [0.5, 0.6) is 5.75 Å². The van der Waals surface area contributed by atoms with E-state index in [1.54, 1.807) is 13.3 Å². The molecule has 0 fully saturated rings. The molecule has 1 N–H and O–H groups in total. The van der Waals surface area contributed by atoms with Crippen LogP contribution >= 0.6 is 11.8 Å². The van der Waals surface area contributed by atoms with Crippen molar-refractivity contribution in [3.05, 3.63) is 89.5 Å². The predicted molar refractivity (Wildman–Crippen MR) is 129 cm³/mol. The van der Waals surface area contributed by atoms with E-state index in [-0.39, 0.29) is 11.7 Å². The first-order valence-corrected chi connectivity index (χ1v) is 11.2. The maximum Gasteiger partial charge on any atom is 0.250 e. The van der Waals surface area contributed by atoms with E-state index in [4.69, 9.17) is 9.72 Å². The summed E-state index contributed by atoms with van der Waals surface area (Å²) in [7, 11) is 1.61. The third kappa shape index (κ3) is 5.36. The number of imidazole rings is 1. The molecule has 0 spiro atoms. The van der Waals surface area contributed by atoms with E-state index in [1.165, 1.54) is 22.9 Å². The molecule has 0 saturated carbocycles. The molecule has 3 aromatic carbocycles. The zero-order valence-corrected chi connectivity index (χ0v) is 18.8. The summed E-state index contributed by atoms with van der Waals surface area (Å²) in [6.45, 7) is 2.77. The van der Waals surface area contributed by atoms with Gasteiger partial charge in [-0.1, -0.05) is 65.9 Å². The molecule has 1 aromatic heterocycles. The molecular weight excluding hydrogens is 420 g/mol. The molecule has 0 aliphatic rings. The molecule has 6 nitrogen and oxygen atoms in total. The fourth-order valence-electron chi connectivity index (χ4n) is 3.26. The quantitative estimate of drug-likeness (QED) is 0.244. The number of thioether (sulfide) groups is 1. The monoisotopic (exact) mass is 444 g/mol. The smallest absolute Gasteiger partial charge is 0.250 e. The van der Waals surface area contributed by atoms with Crippen LogP contribution in [0, 0.1) is 6.92 Å². The molecule has 0 bridgehead atoms. The van der Waals surface area contributed by atoms with Crippen molar-refractivity contribution in [1.82, 2.24) is 15.0 Å². The van der Waals surface area contributed by atoms with Gasteiger partial charge in [0.05, 0.1) is 36.7 Å². The zero-order valence-electron chi connectivity index (χ0n) is 18.0. The Morgan fingerprint density at radius 3 is 2.75 bits per heavy atom. The van der Waals surface area contributed by atoms with Gasteiger partial charge >= 0.3 is 0 Å². The first-order valence-electron chi connectivity index (χ1n) is 10.2. The van der Waals surface area contributed by atoms with Crippen LogP contribution in [0.4, 0.5) is 0 Å². The third-order valence-corrected chi connectivity index (χ3v) is 5.89. The standard InChI is InChI=1S/C25H24N4O2S/c1-18-10-12-19(13-11-18)16-29-23-9-4-3-8-22(23)27-25(29)32-17-24(30)28-26-15-20-6-5-7-21(14-20)31-2/h3-15H,16-17H2,1-2H3,(H,28,30). The van der Waals surface area contributed by atoms with Gasteiger partial charge in [-0.25, -0.2) is 10.4 Å². The molecule has 162 valence electrons. The number of nitrogens with one attached hydrogen (secondary N) is 1. The molecule has 0 aliphatic carbocycles. The van der Waals surface area contributed by atoms with Crippen molar-refractivity contribution < 1.29 is 9.53 Å². The minimum atomic E-state index is -0.192. The van der Waals surface area contributed by atoms with Gasteiger partial charge < -0.3 is 9.30 Å². The minimum Gasteiger partial charge on any atom is -0.497 e. The van der Waals surface area contributed by atoms with E-state index >= 15 is 0 Å². The van der Waals surface area contributed by atoms with Gasteiger partial charge in [0.2, 0.25) is 0 Å². The van der Waals surface area contributed by atoms with Crippen LogP contribution in [0.2, 0.25) is 0 Å². The van der Waals surface area contributed by atoms with Crippen LogP contribution in [-0.4, -0.2) is 34.5 Å². The van der Waals surface area contributed by atoms with Crippen molar-refractivity contribution in [1.29, 1.82) is 0 Å². The summed E-state index contributed by atoms with van der Waals surface area (Å²) in [4.78, 5) is 17.1. The number of carbonyl (C=O) groups excluding carboxylic acids is 1. The van der Waals surface area contributed by atoms with E-state index in [9.17, 15) is 4.79 Å². The first kappa shape index (κ1) is 21.6. The summed E-state index contributed by atoms with van der Waals surface area (Å²) < 4.78 is 7.34.